The van der Waals surface area contributed by atoms with E-state index in [9.17, 15) is 18.4 Å². The summed E-state index contributed by atoms with van der Waals surface area (Å²) in [5.41, 5.74) is 2.29. The summed E-state index contributed by atoms with van der Waals surface area (Å²) in [6.45, 7) is 4.75. The number of fused-ring (bicyclic) bond motifs is 1. The topological polar surface area (TPSA) is 67.2 Å². The maximum absolute atomic E-state index is 13.4. The van der Waals surface area contributed by atoms with Gasteiger partial charge in [-0.2, -0.15) is 4.68 Å². The minimum atomic E-state index is -0.796. The molecule has 0 saturated heterocycles. The average molecular weight is 455 g/mol. The SMILES string of the molecule is CCN(CC)c1nc2cc(Cl)cc(Cl)c2c(=O)n1NC(=O)Cc1cc(F)cc(F)c1. The lowest BCUT2D eigenvalue weighted by Gasteiger charge is -2.24. The van der Waals surface area contributed by atoms with Crippen LogP contribution in [0.25, 0.3) is 10.9 Å². The molecule has 2 aromatic carbocycles. The molecule has 0 atom stereocenters. The van der Waals surface area contributed by atoms with Crippen LogP contribution in [0.1, 0.15) is 19.4 Å². The van der Waals surface area contributed by atoms with E-state index >= 15 is 0 Å². The van der Waals surface area contributed by atoms with Gasteiger partial charge in [0.2, 0.25) is 11.9 Å². The number of nitrogens with zero attached hydrogens (tertiary/aromatic N) is 3. The van der Waals surface area contributed by atoms with Crippen molar-refractivity contribution in [2.75, 3.05) is 23.4 Å². The van der Waals surface area contributed by atoms with Crippen molar-refractivity contribution in [1.82, 2.24) is 9.66 Å². The van der Waals surface area contributed by atoms with Gasteiger partial charge in [0.15, 0.2) is 0 Å². The van der Waals surface area contributed by atoms with Crippen molar-refractivity contribution in [2.45, 2.75) is 20.3 Å². The van der Waals surface area contributed by atoms with Crippen LogP contribution in [0.2, 0.25) is 10.0 Å². The molecule has 3 rings (SSSR count). The summed E-state index contributed by atoms with van der Waals surface area (Å²) in [5, 5.41) is 0.505. The van der Waals surface area contributed by atoms with Crippen LogP contribution in [0.5, 0.6) is 0 Å². The minimum Gasteiger partial charge on any atom is -0.341 e. The smallest absolute Gasteiger partial charge is 0.283 e. The highest BCUT2D eigenvalue weighted by molar-refractivity contribution is 6.38. The summed E-state index contributed by atoms with van der Waals surface area (Å²) in [5.74, 6) is -2.05. The fraction of sp³-hybridized carbons (Fsp3) is 0.250. The number of benzene rings is 2. The normalized spacial score (nSPS) is 11.0. The Hall–Kier alpha value is -2.71. The second-order valence-corrected chi connectivity index (χ2v) is 7.34. The van der Waals surface area contributed by atoms with Gasteiger partial charge in [-0.15, -0.1) is 0 Å². The maximum atomic E-state index is 13.4. The molecular weight excluding hydrogens is 437 g/mol. The highest BCUT2D eigenvalue weighted by Crippen LogP contribution is 2.26. The number of carbonyl (C=O) groups is 1. The zero-order valence-electron chi connectivity index (χ0n) is 16.2. The molecule has 1 amide bonds. The van der Waals surface area contributed by atoms with Crippen molar-refractivity contribution in [2.24, 2.45) is 0 Å². The third-order valence-electron chi connectivity index (χ3n) is 4.44. The highest BCUT2D eigenvalue weighted by atomic mass is 35.5. The number of aromatic nitrogens is 2. The van der Waals surface area contributed by atoms with E-state index in [-0.39, 0.29) is 33.9 Å². The van der Waals surface area contributed by atoms with Gasteiger partial charge < -0.3 is 4.90 Å². The van der Waals surface area contributed by atoms with Crippen LogP contribution >= 0.6 is 23.2 Å². The fourth-order valence-corrected chi connectivity index (χ4v) is 3.67. The Balaban J connectivity index is 2.08. The van der Waals surface area contributed by atoms with Gasteiger partial charge >= 0.3 is 0 Å². The van der Waals surface area contributed by atoms with E-state index in [1.807, 2.05) is 13.8 Å². The first-order valence-electron chi connectivity index (χ1n) is 9.15. The molecule has 1 heterocycles. The Morgan fingerprint density at radius 3 is 2.33 bits per heavy atom. The molecular formula is C20H18Cl2F2N4O2. The first-order chi connectivity index (χ1) is 14.2. The lowest BCUT2D eigenvalue weighted by atomic mass is 10.1. The highest BCUT2D eigenvalue weighted by Gasteiger charge is 2.19. The van der Waals surface area contributed by atoms with Gasteiger partial charge in [-0.05, 0) is 43.7 Å². The molecule has 1 N–H and O–H groups in total. The van der Waals surface area contributed by atoms with Crippen LogP contribution in [0.15, 0.2) is 35.1 Å². The zero-order valence-corrected chi connectivity index (χ0v) is 17.7. The summed E-state index contributed by atoms with van der Waals surface area (Å²) in [7, 11) is 0. The number of hydrogen-bond donors (Lipinski definition) is 1. The van der Waals surface area contributed by atoms with Crippen molar-refractivity contribution < 1.29 is 13.6 Å². The molecule has 0 fully saturated rings. The predicted molar refractivity (Wildman–Crippen MR) is 114 cm³/mol. The summed E-state index contributed by atoms with van der Waals surface area (Å²) < 4.78 is 27.8. The predicted octanol–water partition coefficient (Wildman–Crippen LogP) is 4.14. The fourth-order valence-electron chi connectivity index (χ4n) is 3.10. The van der Waals surface area contributed by atoms with E-state index in [1.165, 1.54) is 12.1 Å². The number of carbonyl (C=O) groups excluding carboxylic acids is 1. The maximum Gasteiger partial charge on any atom is 0.283 e. The monoisotopic (exact) mass is 454 g/mol. The number of nitrogens with one attached hydrogen (secondary N) is 1. The minimum absolute atomic E-state index is 0.0917. The molecule has 3 aromatic rings. The van der Waals surface area contributed by atoms with Gasteiger partial charge in [0, 0.05) is 24.2 Å². The van der Waals surface area contributed by atoms with Crippen LogP contribution in [-0.2, 0) is 11.2 Å². The van der Waals surface area contributed by atoms with Gasteiger partial charge in [0.1, 0.15) is 11.6 Å². The van der Waals surface area contributed by atoms with Crippen molar-refractivity contribution in [1.29, 1.82) is 0 Å². The van der Waals surface area contributed by atoms with Crippen molar-refractivity contribution in [3.63, 3.8) is 0 Å². The van der Waals surface area contributed by atoms with E-state index in [0.29, 0.717) is 24.2 Å². The quantitative estimate of drug-likeness (QED) is 0.607. The number of rotatable bonds is 6. The average Bonchev–Trinajstić information content (AvgIpc) is 2.64. The molecule has 0 aliphatic carbocycles. The molecule has 1 aromatic heterocycles. The lowest BCUT2D eigenvalue weighted by molar-refractivity contribution is -0.116. The van der Waals surface area contributed by atoms with Crippen molar-refractivity contribution in [3.05, 3.63) is 67.9 Å². The second-order valence-electron chi connectivity index (χ2n) is 6.50. The molecule has 30 heavy (non-hydrogen) atoms. The van der Waals surface area contributed by atoms with E-state index < -0.39 is 23.1 Å². The van der Waals surface area contributed by atoms with E-state index in [0.717, 1.165) is 16.8 Å². The van der Waals surface area contributed by atoms with Crippen LogP contribution in [0.3, 0.4) is 0 Å². The van der Waals surface area contributed by atoms with Crippen molar-refractivity contribution in [3.8, 4) is 0 Å². The molecule has 0 saturated carbocycles. The summed E-state index contributed by atoms with van der Waals surface area (Å²) in [6.07, 6.45) is -0.342. The van der Waals surface area contributed by atoms with E-state index in [4.69, 9.17) is 23.2 Å². The molecule has 0 aliphatic rings. The summed E-state index contributed by atoms with van der Waals surface area (Å²) >= 11 is 12.2. The Morgan fingerprint density at radius 1 is 1.10 bits per heavy atom. The van der Waals surface area contributed by atoms with Gasteiger partial charge in [0.25, 0.3) is 5.56 Å². The zero-order chi connectivity index (χ0) is 22.0. The Bertz CT molecular complexity index is 1160. The number of halogens is 4. The van der Waals surface area contributed by atoms with Crippen LogP contribution < -0.4 is 15.9 Å². The number of amides is 1. The van der Waals surface area contributed by atoms with Gasteiger partial charge in [-0.3, -0.25) is 15.0 Å². The van der Waals surface area contributed by atoms with Gasteiger partial charge in [-0.1, -0.05) is 23.2 Å². The standard InChI is InChI=1S/C20H18Cl2F2N4O2/c1-3-27(4-2)20-25-16-9-12(21)8-15(22)18(16)19(30)28(20)26-17(29)7-11-5-13(23)10-14(24)6-11/h5-6,8-10H,3-4,7H2,1-2H3,(H,26,29). The first-order valence-corrected chi connectivity index (χ1v) is 9.90. The van der Waals surface area contributed by atoms with Crippen LogP contribution in [-0.4, -0.2) is 28.7 Å². The Labute approximate surface area is 181 Å². The van der Waals surface area contributed by atoms with Gasteiger partial charge in [-0.25, -0.2) is 13.8 Å². The van der Waals surface area contributed by atoms with E-state index in [1.54, 1.807) is 4.90 Å². The lowest BCUT2D eigenvalue weighted by Crippen LogP contribution is -2.40. The molecule has 6 nitrogen and oxygen atoms in total. The van der Waals surface area contributed by atoms with E-state index in [2.05, 4.69) is 10.4 Å². The van der Waals surface area contributed by atoms with Crippen LogP contribution in [0.4, 0.5) is 14.7 Å². The molecule has 0 radical (unpaired) electrons. The molecule has 0 aliphatic heterocycles. The number of anilines is 1. The van der Waals surface area contributed by atoms with Crippen molar-refractivity contribution >= 4 is 46.0 Å². The first kappa shape index (κ1) is 22.0. The summed E-state index contributed by atoms with van der Waals surface area (Å²) in [6, 6.07) is 5.74. The van der Waals surface area contributed by atoms with Crippen LogP contribution in [0, 0.1) is 11.6 Å². The largest absolute Gasteiger partial charge is 0.341 e. The number of hydrogen-bond acceptors (Lipinski definition) is 4. The Morgan fingerprint density at radius 2 is 1.73 bits per heavy atom. The molecule has 158 valence electrons. The molecule has 0 unspecified atom stereocenters. The molecule has 0 bridgehead atoms. The molecule has 0 spiro atoms. The Kier molecular flexibility index (Phi) is 6.58. The third kappa shape index (κ3) is 4.55. The molecule has 10 heteroatoms. The third-order valence-corrected chi connectivity index (χ3v) is 4.96. The summed E-state index contributed by atoms with van der Waals surface area (Å²) in [4.78, 5) is 32.0. The van der Waals surface area contributed by atoms with Gasteiger partial charge in [0.05, 0.1) is 22.3 Å². The second kappa shape index (κ2) is 8.97.